The average molecular weight is 571 g/mol. The summed E-state index contributed by atoms with van der Waals surface area (Å²) in [6.45, 7) is 4.49. The maximum absolute atomic E-state index is 13.0. The second-order valence-electron chi connectivity index (χ2n) is 11.5. The monoisotopic (exact) mass is 570 g/mol. The molecule has 10 heteroatoms. The molecule has 3 aliphatic rings. The van der Waals surface area contributed by atoms with Crippen molar-refractivity contribution in [3.05, 3.63) is 59.9 Å². The van der Waals surface area contributed by atoms with Crippen LogP contribution in [-0.4, -0.2) is 78.1 Å². The minimum absolute atomic E-state index is 0.0616. The summed E-state index contributed by atoms with van der Waals surface area (Å²) in [4.78, 5) is 43.5. The minimum atomic E-state index is -0.125. The van der Waals surface area contributed by atoms with Crippen LogP contribution in [-0.2, 0) is 0 Å². The number of piperidine rings is 1. The van der Waals surface area contributed by atoms with E-state index in [1.807, 2.05) is 35.2 Å². The third-order valence-electron chi connectivity index (χ3n) is 8.33. The van der Waals surface area contributed by atoms with Gasteiger partial charge in [0.05, 0.1) is 13.7 Å². The average Bonchev–Trinajstić information content (AvgIpc) is 3.72. The van der Waals surface area contributed by atoms with Crippen LogP contribution in [0.25, 0.3) is 11.4 Å². The molecule has 0 radical (unpaired) electrons. The molecule has 0 bridgehead atoms. The fourth-order valence-corrected chi connectivity index (χ4v) is 5.55. The molecule has 6 rings (SSSR count). The summed E-state index contributed by atoms with van der Waals surface area (Å²) in [5, 5.41) is 3.10. The van der Waals surface area contributed by atoms with Crippen LogP contribution >= 0.6 is 0 Å². The van der Waals surface area contributed by atoms with Gasteiger partial charge in [-0.25, -0.2) is 9.97 Å². The number of hydrogen-bond donors (Lipinski definition) is 1. The number of benzene rings is 2. The Balaban J connectivity index is 1.03. The van der Waals surface area contributed by atoms with E-state index >= 15 is 0 Å². The van der Waals surface area contributed by atoms with E-state index in [1.54, 1.807) is 19.2 Å². The van der Waals surface area contributed by atoms with E-state index < -0.39 is 0 Å². The lowest BCUT2D eigenvalue weighted by molar-refractivity contribution is 0.0792. The number of nitrogens with one attached hydrogen (secondary N) is 1. The van der Waals surface area contributed by atoms with E-state index in [0.29, 0.717) is 59.4 Å². The molecule has 42 heavy (non-hydrogen) atoms. The van der Waals surface area contributed by atoms with Crippen molar-refractivity contribution in [2.24, 2.45) is 11.8 Å². The molecule has 0 atom stereocenters. The standard InChI is InChI=1S/C32H38N6O4/c1-41-27-16-26(17-28(18-27)42-20-23-7-8-23)30(39)33-19-22-9-13-38(14-10-22)32-35-21-34-29(36-32)24-5-4-6-25(15-24)31(40)37-11-2-3-12-37/h4-6,15-18,21-23H,2-3,7-14,19-20H2,1H3,(H,33,39). The predicted octanol–water partition coefficient (Wildman–Crippen LogP) is 4.22. The van der Waals surface area contributed by atoms with E-state index in [0.717, 1.165) is 57.4 Å². The lowest BCUT2D eigenvalue weighted by Crippen LogP contribution is -2.39. The van der Waals surface area contributed by atoms with Crippen LogP contribution in [0.15, 0.2) is 48.8 Å². The number of anilines is 1. The second kappa shape index (κ2) is 12.8. The van der Waals surface area contributed by atoms with Gasteiger partial charge in [0.1, 0.15) is 17.8 Å². The van der Waals surface area contributed by atoms with Gasteiger partial charge in [0.15, 0.2) is 5.82 Å². The maximum Gasteiger partial charge on any atom is 0.253 e. The number of nitrogens with zero attached hydrogens (tertiary/aromatic N) is 5. The van der Waals surface area contributed by atoms with Gasteiger partial charge in [-0.15, -0.1) is 0 Å². The third-order valence-corrected chi connectivity index (χ3v) is 8.33. The fourth-order valence-electron chi connectivity index (χ4n) is 5.55. The summed E-state index contributed by atoms with van der Waals surface area (Å²) in [7, 11) is 1.60. The number of methoxy groups -OCH3 is 1. The largest absolute Gasteiger partial charge is 0.497 e. The predicted molar refractivity (Wildman–Crippen MR) is 159 cm³/mol. The molecule has 3 aromatic rings. The van der Waals surface area contributed by atoms with Crippen LogP contribution in [0.2, 0.25) is 0 Å². The first kappa shape index (κ1) is 27.9. The van der Waals surface area contributed by atoms with E-state index in [1.165, 1.54) is 19.2 Å². The zero-order valence-electron chi connectivity index (χ0n) is 24.1. The fraction of sp³-hybridized carbons (Fsp3) is 0.469. The van der Waals surface area contributed by atoms with Crippen molar-refractivity contribution in [1.82, 2.24) is 25.2 Å². The molecular weight excluding hydrogens is 532 g/mol. The highest BCUT2D eigenvalue weighted by molar-refractivity contribution is 5.95. The zero-order valence-corrected chi connectivity index (χ0v) is 24.1. The van der Waals surface area contributed by atoms with E-state index in [-0.39, 0.29) is 11.8 Å². The normalized spacial score (nSPS) is 17.3. The summed E-state index contributed by atoms with van der Waals surface area (Å²) < 4.78 is 11.3. The smallest absolute Gasteiger partial charge is 0.253 e. The van der Waals surface area contributed by atoms with E-state index in [2.05, 4.69) is 20.2 Å². The van der Waals surface area contributed by atoms with Crippen molar-refractivity contribution in [1.29, 1.82) is 0 Å². The van der Waals surface area contributed by atoms with Gasteiger partial charge in [-0.2, -0.15) is 4.98 Å². The Bertz CT molecular complexity index is 1410. The summed E-state index contributed by atoms with van der Waals surface area (Å²) in [6.07, 6.45) is 7.90. The molecule has 10 nitrogen and oxygen atoms in total. The van der Waals surface area contributed by atoms with Gasteiger partial charge in [-0.05, 0) is 74.6 Å². The molecule has 2 saturated heterocycles. The third kappa shape index (κ3) is 6.80. The number of likely N-dealkylation sites (tertiary alicyclic amines) is 1. The van der Waals surface area contributed by atoms with Crippen molar-refractivity contribution in [2.45, 2.75) is 38.5 Å². The molecule has 2 aliphatic heterocycles. The molecule has 1 N–H and O–H groups in total. The Hall–Kier alpha value is -4.21. The van der Waals surface area contributed by atoms with Crippen LogP contribution < -0.4 is 19.7 Å². The molecular formula is C32H38N6O4. The summed E-state index contributed by atoms with van der Waals surface area (Å²) in [5.41, 5.74) is 2.01. The van der Waals surface area contributed by atoms with Crippen molar-refractivity contribution in [3.8, 4) is 22.9 Å². The maximum atomic E-state index is 13.0. The molecule has 2 amide bonds. The summed E-state index contributed by atoms with van der Waals surface area (Å²) >= 11 is 0. The van der Waals surface area contributed by atoms with Gasteiger partial charge in [0, 0.05) is 55.5 Å². The molecule has 220 valence electrons. The van der Waals surface area contributed by atoms with Crippen molar-refractivity contribution >= 4 is 17.8 Å². The highest BCUT2D eigenvalue weighted by atomic mass is 16.5. The number of aromatic nitrogens is 3. The highest BCUT2D eigenvalue weighted by Crippen LogP contribution is 2.31. The number of rotatable bonds is 10. The topological polar surface area (TPSA) is 110 Å². The summed E-state index contributed by atoms with van der Waals surface area (Å²) in [5.74, 6) is 3.40. The van der Waals surface area contributed by atoms with Gasteiger partial charge < -0.3 is 24.6 Å². The lowest BCUT2D eigenvalue weighted by atomic mass is 9.97. The molecule has 1 saturated carbocycles. The van der Waals surface area contributed by atoms with Gasteiger partial charge in [-0.1, -0.05) is 12.1 Å². The number of carbonyl (C=O) groups excluding carboxylic acids is 2. The van der Waals surface area contributed by atoms with Crippen molar-refractivity contribution in [2.75, 3.05) is 51.3 Å². The molecule has 0 spiro atoms. The first-order valence-electron chi connectivity index (χ1n) is 15.0. The Morgan fingerprint density at radius 2 is 1.69 bits per heavy atom. The van der Waals surface area contributed by atoms with Crippen LogP contribution in [0, 0.1) is 11.8 Å². The van der Waals surface area contributed by atoms with Crippen molar-refractivity contribution < 1.29 is 19.1 Å². The minimum Gasteiger partial charge on any atom is -0.497 e. The Labute approximate surface area is 246 Å². The summed E-state index contributed by atoms with van der Waals surface area (Å²) in [6, 6.07) is 12.9. The first-order valence-corrected chi connectivity index (χ1v) is 15.0. The lowest BCUT2D eigenvalue weighted by Gasteiger charge is -2.32. The number of amides is 2. The molecule has 1 aromatic heterocycles. The second-order valence-corrected chi connectivity index (χ2v) is 11.5. The van der Waals surface area contributed by atoms with Crippen LogP contribution in [0.1, 0.15) is 59.2 Å². The van der Waals surface area contributed by atoms with Crippen LogP contribution in [0.3, 0.4) is 0 Å². The van der Waals surface area contributed by atoms with Gasteiger partial charge in [-0.3, -0.25) is 9.59 Å². The SMILES string of the molecule is COc1cc(OCC2CC2)cc(C(=O)NCC2CCN(c3ncnc(-c4cccc(C(=O)N5CCCC5)c4)n3)CC2)c1. The number of carbonyl (C=O) groups is 2. The van der Waals surface area contributed by atoms with Crippen molar-refractivity contribution in [3.63, 3.8) is 0 Å². The quantitative estimate of drug-likeness (QED) is 0.386. The number of hydrogen-bond acceptors (Lipinski definition) is 8. The Morgan fingerprint density at radius 1 is 0.905 bits per heavy atom. The molecule has 1 aliphatic carbocycles. The van der Waals surface area contributed by atoms with Crippen LogP contribution in [0.5, 0.6) is 11.5 Å². The molecule has 3 heterocycles. The highest BCUT2D eigenvalue weighted by Gasteiger charge is 2.24. The molecule has 3 fully saturated rings. The van der Waals surface area contributed by atoms with Gasteiger partial charge in [0.2, 0.25) is 5.95 Å². The number of ether oxygens (including phenoxy) is 2. The van der Waals surface area contributed by atoms with Gasteiger partial charge >= 0.3 is 0 Å². The van der Waals surface area contributed by atoms with E-state index in [4.69, 9.17) is 14.5 Å². The first-order chi connectivity index (χ1) is 20.6. The molecule has 2 aromatic carbocycles. The van der Waals surface area contributed by atoms with E-state index in [9.17, 15) is 9.59 Å². The zero-order chi connectivity index (χ0) is 28.9. The van der Waals surface area contributed by atoms with Gasteiger partial charge in [0.25, 0.3) is 11.8 Å². The van der Waals surface area contributed by atoms with Crippen LogP contribution in [0.4, 0.5) is 5.95 Å². The Kier molecular flexibility index (Phi) is 8.48. The molecule has 0 unspecified atom stereocenters. The Morgan fingerprint density at radius 3 is 2.45 bits per heavy atom.